The van der Waals surface area contributed by atoms with E-state index in [9.17, 15) is 4.79 Å². The number of carbonyl (C=O) groups is 1. The second kappa shape index (κ2) is 7.03. The number of anilines is 1. The summed E-state index contributed by atoms with van der Waals surface area (Å²) in [6.45, 7) is 6.23. The highest BCUT2D eigenvalue weighted by Crippen LogP contribution is 2.29. The Morgan fingerprint density at radius 3 is 2.79 bits per heavy atom. The highest BCUT2D eigenvalue weighted by atomic mass is 16.4. The van der Waals surface area contributed by atoms with Crippen molar-refractivity contribution in [1.82, 2.24) is 15.1 Å². The Kier molecular flexibility index (Phi) is 4.83. The van der Waals surface area contributed by atoms with E-state index in [0.29, 0.717) is 24.7 Å². The number of urea groups is 1. The van der Waals surface area contributed by atoms with Gasteiger partial charge in [-0.3, -0.25) is 0 Å². The SMILES string of the molecule is CCc1nnc(CN(C(=O)Nc2cccc3c2CCC3)C(C)C)o1. The number of aromatic nitrogens is 2. The lowest BCUT2D eigenvalue weighted by Crippen LogP contribution is -2.39. The van der Waals surface area contributed by atoms with Crippen LogP contribution in [0.2, 0.25) is 0 Å². The Balaban J connectivity index is 1.74. The zero-order valence-corrected chi connectivity index (χ0v) is 14.5. The number of fused-ring (bicyclic) bond motifs is 1. The molecule has 0 unspecified atom stereocenters. The third kappa shape index (κ3) is 3.42. The van der Waals surface area contributed by atoms with Gasteiger partial charge >= 0.3 is 6.03 Å². The molecule has 0 saturated carbocycles. The molecule has 0 saturated heterocycles. The quantitative estimate of drug-likeness (QED) is 0.911. The van der Waals surface area contributed by atoms with Gasteiger partial charge in [-0.2, -0.15) is 0 Å². The average molecular weight is 328 g/mol. The van der Waals surface area contributed by atoms with Crippen molar-refractivity contribution in [1.29, 1.82) is 0 Å². The van der Waals surface area contributed by atoms with Crippen molar-refractivity contribution in [3.05, 3.63) is 41.1 Å². The van der Waals surface area contributed by atoms with E-state index < -0.39 is 0 Å². The van der Waals surface area contributed by atoms with Crippen molar-refractivity contribution in [2.45, 2.75) is 59.0 Å². The lowest BCUT2D eigenvalue weighted by atomic mass is 10.1. The van der Waals surface area contributed by atoms with E-state index in [1.165, 1.54) is 11.1 Å². The van der Waals surface area contributed by atoms with Crippen LogP contribution in [0.25, 0.3) is 0 Å². The number of hydrogen-bond donors (Lipinski definition) is 1. The molecule has 1 aliphatic carbocycles. The number of rotatable bonds is 5. The third-order valence-electron chi connectivity index (χ3n) is 4.39. The van der Waals surface area contributed by atoms with Gasteiger partial charge in [0.15, 0.2) is 0 Å². The van der Waals surface area contributed by atoms with Gasteiger partial charge in [0.25, 0.3) is 0 Å². The normalized spacial score (nSPS) is 13.2. The highest BCUT2D eigenvalue weighted by molar-refractivity contribution is 5.90. The average Bonchev–Trinajstić information content (AvgIpc) is 3.21. The molecule has 1 aliphatic rings. The fraction of sp³-hybridized carbons (Fsp3) is 0.500. The Morgan fingerprint density at radius 1 is 1.29 bits per heavy atom. The minimum absolute atomic E-state index is 0.0266. The molecule has 1 aromatic heterocycles. The van der Waals surface area contributed by atoms with E-state index in [1.807, 2.05) is 32.9 Å². The van der Waals surface area contributed by atoms with Crippen molar-refractivity contribution in [3.8, 4) is 0 Å². The van der Waals surface area contributed by atoms with Crippen LogP contribution in [-0.2, 0) is 25.8 Å². The summed E-state index contributed by atoms with van der Waals surface area (Å²) >= 11 is 0. The van der Waals surface area contributed by atoms with Gasteiger partial charge < -0.3 is 14.6 Å². The zero-order valence-electron chi connectivity index (χ0n) is 14.5. The molecule has 0 radical (unpaired) electrons. The molecular formula is C18H24N4O2. The summed E-state index contributed by atoms with van der Waals surface area (Å²) in [5.74, 6) is 1.06. The summed E-state index contributed by atoms with van der Waals surface area (Å²) in [5, 5.41) is 11.0. The monoisotopic (exact) mass is 328 g/mol. The van der Waals surface area contributed by atoms with E-state index in [0.717, 1.165) is 24.9 Å². The first-order valence-electron chi connectivity index (χ1n) is 8.58. The second-order valence-electron chi connectivity index (χ2n) is 6.39. The Bertz CT molecular complexity index is 724. The minimum atomic E-state index is -0.137. The Morgan fingerprint density at radius 2 is 2.08 bits per heavy atom. The zero-order chi connectivity index (χ0) is 17.1. The van der Waals surface area contributed by atoms with Crippen molar-refractivity contribution in [3.63, 3.8) is 0 Å². The fourth-order valence-corrected chi connectivity index (χ4v) is 3.05. The number of aryl methyl sites for hydroxylation is 2. The summed E-state index contributed by atoms with van der Waals surface area (Å²) in [4.78, 5) is 14.5. The van der Waals surface area contributed by atoms with Gasteiger partial charge in [-0.25, -0.2) is 4.79 Å². The number of benzene rings is 1. The largest absolute Gasteiger partial charge is 0.423 e. The third-order valence-corrected chi connectivity index (χ3v) is 4.39. The van der Waals surface area contributed by atoms with E-state index in [-0.39, 0.29) is 12.1 Å². The standard InChI is InChI=1S/C18H24N4O2/c1-4-16-20-21-17(24-16)11-22(12(2)3)18(23)19-15-10-6-8-13-7-5-9-14(13)15/h6,8,10,12H,4-5,7,9,11H2,1-3H3,(H,19,23). The van der Waals surface area contributed by atoms with Crippen LogP contribution in [0.3, 0.4) is 0 Å². The molecule has 0 spiro atoms. The maximum absolute atomic E-state index is 12.8. The molecule has 6 nitrogen and oxygen atoms in total. The molecule has 1 aromatic carbocycles. The maximum atomic E-state index is 12.8. The van der Waals surface area contributed by atoms with Crippen molar-refractivity contribution >= 4 is 11.7 Å². The highest BCUT2D eigenvalue weighted by Gasteiger charge is 2.22. The van der Waals surface area contributed by atoms with Crippen molar-refractivity contribution in [2.24, 2.45) is 0 Å². The number of carbonyl (C=O) groups excluding carboxylic acids is 1. The maximum Gasteiger partial charge on any atom is 0.322 e. The first-order chi connectivity index (χ1) is 11.6. The molecule has 0 atom stereocenters. The summed E-state index contributed by atoms with van der Waals surface area (Å²) in [6, 6.07) is 6.01. The number of amides is 2. The Hall–Kier alpha value is -2.37. The molecule has 128 valence electrons. The summed E-state index contributed by atoms with van der Waals surface area (Å²) < 4.78 is 5.54. The summed E-state index contributed by atoms with van der Waals surface area (Å²) in [6.07, 6.45) is 3.96. The van der Waals surface area contributed by atoms with Crippen LogP contribution in [0.15, 0.2) is 22.6 Å². The van der Waals surface area contributed by atoms with Gasteiger partial charge in [0, 0.05) is 18.2 Å². The molecule has 1 N–H and O–H groups in total. The summed E-state index contributed by atoms with van der Waals surface area (Å²) in [5.41, 5.74) is 3.52. The molecule has 2 amide bonds. The van der Waals surface area contributed by atoms with E-state index >= 15 is 0 Å². The van der Waals surface area contributed by atoms with Crippen LogP contribution in [-0.4, -0.2) is 27.2 Å². The number of hydrogen-bond acceptors (Lipinski definition) is 4. The fourth-order valence-electron chi connectivity index (χ4n) is 3.05. The van der Waals surface area contributed by atoms with E-state index in [1.54, 1.807) is 4.90 Å². The van der Waals surface area contributed by atoms with Gasteiger partial charge in [0.2, 0.25) is 11.8 Å². The van der Waals surface area contributed by atoms with Crippen LogP contribution in [0.5, 0.6) is 0 Å². The van der Waals surface area contributed by atoms with Gasteiger partial charge in [0.1, 0.15) is 6.54 Å². The van der Waals surface area contributed by atoms with Crippen LogP contribution in [0.1, 0.15) is 50.1 Å². The molecule has 2 aromatic rings. The lowest BCUT2D eigenvalue weighted by Gasteiger charge is -2.26. The van der Waals surface area contributed by atoms with E-state index in [4.69, 9.17) is 4.42 Å². The molecule has 0 bridgehead atoms. The van der Waals surface area contributed by atoms with Gasteiger partial charge in [-0.15, -0.1) is 10.2 Å². The van der Waals surface area contributed by atoms with Crippen LogP contribution in [0.4, 0.5) is 10.5 Å². The van der Waals surface area contributed by atoms with Gasteiger partial charge in [0.05, 0.1) is 0 Å². The van der Waals surface area contributed by atoms with Crippen molar-refractivity contribution in [2.75, 3.05) is 5.32 Å². The van der Waals surface area contributed by atoms with Crippen LogP contribution >= 0.6 is 0 Å². The van der Waals surface area contributed by atoms with Crippen molar-refractivity contribution < 1.29 is 9.21 Å². The first kappa shape index (κ1) is 16.5. The number of nitrogens with one attached hydrogen (secondary N) is 1. The predicted molar refractivity (Wildman–Crippen MR) is 91.8 cm³/mol. The molecule has 1 heterocycles. The topological polar surface area (TPSA) is 71.3 Å². The van der Waals surface area contributed by atoms with Crippen LogP contribution < -0.4 is 5.32 Å². The van der Waals surface area contributed by atoms with Crippen LogP contribution in [0, 0.1) is 0 Å². The first-order valence-corrected chi connectivity index (χ1v) is 8.58. The van der Waals surface area contributed by atoms with E-state index in [2.05, 4.69) is 21.6 Å². The smallest absolute Gasteiger partial charge is 0.322 e. The lowest BCUT2D eigenvalue weighted by molar-refractivity contribution is 0.185. The molecular weight excluding hydrogens is 304 g/mol. The molecule has 24 heavy (non-hydrogen) atoms. The minimum Gasteiger partial charge on any atom is -0.423 e. The molecule has 0 fully saturated rings. The predicted octanol–water partition coefficient (Wildman–Crippen LogP) is 3.56. The second-order valence-corrected chi connectivity index (χ2v) is 6.39. The Labute approximate surface area is 142 Å². The molecule has 0 aliphatic heterocycles. The number of nitrogens with zero attached hydrogens (tertiary/aromatic N) is 3. The van der Waals surface area contributed by atoms with Gasteiger partial charge in [-0.05, 0) is 50.3 Å². The molecule has 3 rings (SSSR count). The molecule has 6 heteroatoms. The summed E-state index contributed by atoms with van der Waals surface area (Å²) in [7, 11) is 0. The van der Waals surface area contributed by atoms with Gasteiger partial charge in [-0.1, -0.05) is 19.1 Å².